The van der Waals surface area contributed by atoms with Crippen molar-refractivity contribution in [2.45, 2.75) is 26.4 Å². The van der Waals surface area contributed by atoms with Crippen molar-refractivity contribution in [3.05, 3.63) is 28.8 Å². The smallest absolute Gasteiger partial charge is 0.120 e. The molecule has 0 heterocycles. The monoisotopic (exact) mass is 243 g/mol. The van der Waals surface area contributed by atoms with E-state index < -0.39 is 0 Å². The maximum Gasteiger partial charge on any atom is 0.120 e. The van der Waals surface area contributed by atoms with Gasteiger partial charge in [0, 0.05) is 11.4 Å². The zero-order valence-corrected chi connectivity index (χ0v) is 10.4. The minimum atomic E-state index is -0.0110. The number of thiocarbonyl (C=S) groups is 1. The molecule has 0 saturated carbocycles. The third-order valence-corrected chi connectivity index (χ3v) is 2.55. The molecule has 1 rings (SSSR count). The fraction of sp³-hybridized carbons (Fsp3) is 0.364. The fourth-order valence-electron chi connectivity index (χ4n) is 1.25. The van der Waals surface area contributed by atoms with Crippen LogP contribution in [0.5, 0.6) is 5.75 Å². The molecule has 0 aliphatic rings. The molecule has 0 bridgehead atoms. The van der Waals surface area contributed by atoms with E-state index in [-0.39, 0.29) is 6.10 Å². The first-order valence-corrected chi connectivity index (χ1v) is 5.49. The molecule has 4 heteroatoms. The number of halogens is 1. The summed E-state index contributed by atoms with van der Waals surface area (Å²) < 4.78 is 5.63. The van der Waals surface area contributed by atoms with Gasteiger partial charge in [0.25, 0.3) is 0 Å². The van der Waals surface area contributed by atoms with Crippen molar-refractivity contribution in [1.29, 1.82) is 0 Å². The van der Waals surface area contributed by atoms with Crippen LogP contribution in [0, 0.1) is 6.92 Å². The molecule has 1 unspecified atom stereocenters. The van der Waals surface area contributed by atoms with E-state index in [2.05, 4.69) is 0 Å². The molecule has 0 radical (unpaired) electrons. The molecule has 0 spiro atoms. The number of rotatable bonds is 4. The quantitative estimate of drug-likeness (QED) is 0.826. The van der Waals surface area contributed by atoms with E-state index in [1.54, 1.807) is 0 Å². The molecular formula is C11H14ClNOS. The lowest BCUT2D eigenvalue weighted by Crippen LogP contribution is -2.20. The zero-order chi connectivity index (χ0) is 11.4. The maximum absolute atomic E-state index is 5.91. The van der Waals surface area contributed by atoms with Gasteiger partial charge in [-0.05, 0) is 37.6 Å². The van der Waals surface area contributed by atoms with Gasteiger partial charge in [0.2, 0.25) is 0 Å². The van der Waals surface area contributed by atoms with E-state index in [1.165, 1.54) is 0 Å². The molecule has 82 valence electrons. The van der Waals surface area contributed by atoms with Gasteiger partial charge in [0.05, 0.1) is 4.99 Å². The Morgan fingerprint density at radius 2 is 2.27 bits per heavy atom. The van der Waals surface area contributed by atoms with Crippen LogP contribution in [0.3, 0.4) is 0 Å². The fourth-order valence-corrected chi connectivity index (χ4v) is 1.60. The van der Waals surface area contributed by atoms with Gasteiger partial charge in [-0.25, -0.2) is 0 Å². The molecule has 2 N–H and O–H groups in total. The van der Waals surface area contributed by atoms with Gasteiger partial charge in [-0.2, -0.15) is 0 Å². The summed E-state index contributed by atoms with van der Waals surface area (Å²) in [6, 6.07) is 5.56. The second-order valence-corrected chi connectivity index (χ2v) is 4.44. The van der Waals surface area contributed by atoms with E-state index in [0.717, 1.165) is 16.3 Å². The molecule has 15 heavy (non-hydrogen) atoms. The first-order valence-electron chi connectivity index (χ1n) is 4.70. The van der Waals surface area contributed by atoms with E-state index in [1.807, 2.05) is 32.0 Å². The largest absolute Gasteiger partial charge is 0.490 e. The van der Waals surface area contributed by atoms with Crippen molar-refractivity contribution in [1.82, 2.24) is 0 Å². The van der Waals surface area contributed by atoms with Gasteiger partial charge in [-0.15, -0.1) is 0 Å². The van der Waals surface area contributed by atoms with Crippen molar-refractivity contribution < 1.29 is 4.74 Å². The molecule has 1 atom stereocenters. The molecular weight excluding hydrogens is 230 g/mol. The summed E-state index contributed by atoms with van der Waals surface area (Å²) in [6.45, 7) is 3.87. The second kappa shape index (κ2) is 5.33. The zero-order valence-electron chi connectivity index (χ0n) is 8.79. The van der Waals surface area contributed by atoms with Crippen LogP contribution < -0.4 is 10.5 Å². The number of hydrogen-bond donors (Lipinski definition) is 1. The summed E-state index contributed by atoms with van der Waals surface area (Å²) in [4.78, 5) is 0.466. The minimum absolute atomic E-state index is 0.0110. The average molecular weight is 244 g/mol. The van der Waals surface area contributed by atoms with E-state index >= 15 is 0 Å². The number of nitrogens with two attached hydrogens (primary N) is 1. The highest BCUT2D eigenvalue weighted by atomic mass is 35.5. The Hall–Kier alpha value is -0.800. The van der Waals surface area contributed by atoms with E-state index in [0.29, 0.717) is 11.4 Å². The predicted octanol–water partition coefficient (Wildman–Crippen LogP) is 3.09. The van der Waals surface area contributed by atoms with Crippen LogP contribution in [-0.2, 0) is 0 Å². The summed E-state index contributed by atoms with van der Waals surface area (Å²) in [5.74, 6) is 0.792. The summed E-state index contributed by atoms with van der Waals surface area (Å²) >= 11 is 10.7. The number of aryl methyl sites for hydroxylation is 1. The normalized spacial score (nSPS) is 12.2. The maximum atomic E-state index is 5.91. The molecule has 0 amide bonds. The lowest BCUT2D eigenvalue weighted by Gasteiger charge is -2.14. The van der Waals surface area contributed by atoms with Gasteiger partial charge in [0.15, 0.2) is 0 Å². The van der Waals surface area contributed by atoms with Crippen molar-refractivity contribution in [3.63, 3.8) is 0 Å². The molecule has 1 aromatic carbocycles. The molecule has 0 aromatic heterocycles. The van der Waals surface area contributed by atoms with Crippen LogP contribution >= 0.6 is 23.8 Å². The first-order chi connectivity index (χ1) is 6.99. The van der Waals surface area contributed by atoms with Gasteiger partial charge >= 0.3 is 0 Å². The predicted molar refractivity (Wildman–Crippen MR) is 67.7 cm³/mol. The highest BCUT2D eigenvalue weighted by Crippen LogP contribution is 2.22. The number of ether oxygens (including phenoxy) is 1. The standard InChI is InChI=1S/C11H14ClNOS/c1-7-5-9(3-4-10(7)12)14-8(2)6-11(13)15/h3-5,8H,6H2,1-2H3,(H2,13,15). The minimum Gasteiger partial charge on any atom is -0.490 e. The van der Waals surface area contributed by atoms with Gasteiger partial charge in [-0.1, -0.05) is 23.8 Å². The summed E-state index contributed by atoms with van der Waals surface area (Å²) in [5.41, 5.74) is 6.43. The number of hydrogen-bond acceptors (Lipinski definition) is 2. The van der Waals surface area contributed by atoms with Crippen molar-refractivity contribution >= 4 is 28.8 Å². The van der Waals surface area contributed by atoms with Gasteiger partial charge in [-0.3, -0.25) is 0 Å². The SMILES string of the molecule is Cc1cc(OC(C)CC(N)=S)ccc1Cl. The summed E-state index contributed by atoms with van der Waals surface area (Å²) in [6.07, 6.45) is 0.569. The molecule has 2 nitrogen and oxygen atoms in total. The topological polar surface area (TPSA) is 35.2 Å². The van der Waals surface area contributed by atoms with Crippen LogP contribution in [0.25, 0.3) is 0 Å². The molecule has 0 saturated heterocycles. The third kappa shape index (κ3) is 4.06. The van der Waals surface area contributed by atoms with Crippen molar-refractivity contribution in [3.8, 4) is 5.75 Å². The van der Waals surface area contributed by atoms with Crippen molar-refractivity contribution in [2.75, 3.05) is 0 Å². The molecule has 1 aromatic rings. The lowest BCUT2D eigenvalue weighted by molar-refractivity contribution is 0.230. The van der Waals surface area contributed by atoms with Gasteiger partial charge < -0.3 is 10.5 Å². The second-order valence-electron chi connectivity index (χ2n) is 3.51. The lowest BCUT2D eigenvalue weighted by atomic mass is 10.2. The number of benzene rings is 1. The Kier molecular flexibility index (Phi) is 4.36. The van der Waals surface area contributed by atoms with Crippen LogP contribution in [0.15, 0.2) is 18.2 Å². The molecule has 0 aliphatic carbocycles. The first kappa shape index (κ1) is 12.3. The van der Waals surface area contributed by atoms with E-state index in [4.69, 9.17) is 34.3 Å². The summed E-state index contributed by atoms with van der Waals surface area (Å²) in [5, 5.41) is 0.740. The Balaban J connectivity index is 2.64. The third-order valence-electron chi connectivity index (χ3n) is 1.96. The Labute approximate surface area is 100 Å². The highest BCUT2D eigenvalue weighted by molar-refractivity contribution is 7.80. The van der Waals surface area contributed by atoms with Crippen LogP contribution in [0.2, 0.25) is 5.02 Å². The van der Waals surface area contributed by atoms with Crippen LogP contribution in [0.4, 0.5) is 0 Å². The van der Waals surface area contributed by atoms with Crippen LogP contribution in [0.1, 0.15) is 18.9 Å². The average Bonchev–Trinajstić information content (AvgIpc) is 2.10. The van der Waals surface area contributed by atoms with Gasteiger partial charge in [0.1, 0.15) is 11.9 Å². The Morgan fingerprint density at radius 3 is 2.80 bits per heavy atom. The molecule has 0 aliphatic heterocycles. The molecule has 0 fully saturated rings. The van der Waals surface area contributed by atoms with Crippen LogP contribution in [-0.4, -0.2) is 11.1 Å². The highest BCUT2D eigenvalue weighted by Gasteiger charge is 2.06. The van der Waals surface area contributed by atoms with Crippen molar-refractivity contribution in [2.24, 2.45) is 5.73 Å². The summed E-state index contributed by atoms with van der Waals surface area (Å²) in [7, 11) is 0. The van der Waals surface area contributed by atoms with E-state index in [9.17, 15) is 0 Å². The Morgan fingerprint density at radius 1 is 1.60 bits per heavy atom. The Bertz CT molecular complexity index is 368.